The van der Waals surface area contributed by atoms with Gasteiger partial charge in [0.15, 0.2) is 0 Å². The molecule has 0 spiro atoms. The molecule has 118 valence electrons. The number of nitrogens with zero attached hydrogens (tertiary/aromatic N) is 2. The van der Waals surface area contributed by atoms with Crippen LogP contribution in [0.4, 0.5) is 0 Å². The maximum Gasteiger partial charge on any atom is 0.0547 e. The highest BCUT2D eigenvalue weighted by Gasteiger charge is 2.36. The second-order valence-corrected chi connectivity index (χ2v) is 6.60. The van der Waals surface area contributed by atoms with Gasteiger partial charge in [-0.1, -0.05) is 13.8 Å². The summed E-state index contributed by atoms with van der Waals surface area (Å²) in [5.74, 6) is 0. The van der Waals surface area contributed by atoms with Gasteiger partial charge in [-0.2, -0.15) is 0 Å². The van der Waals surface area contributed by atoms with Crippen LogP contribution in [0.25, 0.3) is 0 Å². The summed E-state index contributed by atoms with van der Waals surface area (Å²) in [4.78, 5) is 5.26. The number of hydrogen-bond donors (Lipinski definition) is 1. The van der Waals surface area contributed by atoms with Crippen molar-refractivity contribution >= 4 is 0 Å². The van der Waals surface area contributed by atoms with Crippen molar-refractivity contribution in [2.75, 3.05) is 65.6 Å². The highest BCUT2D eigenvalue weighted by atomic mass is 16.5. The van der Waals surface area contributed by atoms with Gasteiger partial charge in [-0.3, -0.25) is 0 Å². The fraction of sp³-hybridized carbons (Fsp3) is 1.00. The fourth-order valence-corrected chi connectivity index (χ4v) is 3.46. The van der Waals surface area contributed by atoms with Gasteiger partial charge in [0, 0.05) is 51.3 Å². The fourth-order valence-electron chi connectivity index (χ4n) is 3.46. The molecule has 2 rings (SSSR count). The summed E-state index contributed by atoms with van der Waals surface area (Å²) >= 11 is 0. The first kappa shape index (κ1) is 16.2. The van der Waals surface area contributed by atoms with Gasteiger partial charge in [0.05, 0.1) is 6.61 Å². The number of nitrogens with one attached hydrogen (secondary N) is 1. The van der Waals surface area contributed by atoms with Crippen LogP contribution in [0.5, 0.6) is 0 Å². The van der Waals surface area contributed by atoms with E-state index in [0.717, 1.165) is 26.3 Å². The largest absolute Gasteiger partial charge is 0.381 e. The van der Waals surface area contributed by atoms with Crippen LogP contribution in [-0.2, 0) is 4.74 Å². The molecule has 2 heterocycles. The minimum Gasteiger partial charge on any atom is -0.381 e. The van der Waals surface area contributed by atoms with Gasteiger partial charge in [-0.15, -0.1) is 0 Å². The van der Waals surface area contributed by atoms with Crippen LogP contribution in [0.3, 0.4) is 0 Å². The maximum atomic E-state index is 5.72. The van der Waals surface area contributed by atoms with E-state index in [4.69, 9.17) is 4.74 Å². The first-order valence-electron chi connectivity index (χ1n) is 8.51. The van der Waals surface area contributed by atoms with E-state index in [2.05, 4.69) is 29.0 Å². The molecule has 1 atom stereocenters. The Morgan fingerprint density at radius 1 is 1.05 bits per heavy atom. The zero-order valence-corrected chi connectivity index (χ0v) is 13.5. The topological polar surface area (TPSA) is 27.7 Å². The Kier molecular flexibility index (Phi) is 6.75. The Bertz CT molecular complexity index is 258. The van der Waals surface area contributed by atoms with E-state index in [1.165, 1.54) is 58.5 Å². The smallest absolute Gasteiger partial charge is 0.0547 e. The minimum absolute atomic E-state index is 0.363. The molecule has 0 amide bonds. The Balaban J connectivity index is 1.77. The summed E-state index contributed by atoms with van der Waals surface area (Å²) in [7, 11) is 0. The summed E-state index contributed by atoms with van der Waals surface area (Å²) in [5.41, 5.74) is 0.363. The molecule has 0 aromatic carbocycles. The van der Waals surface area contributed by atoms with Crippen molar-refractivity contribution in [3.8, 4) is 0 Å². The normalized spacial score (nSPS) is 29.1. The molecule has 2 saturated heterocycles. The molecular formula is C16H33N3O. The molecule has 0 aromatic heterocycles. The zero-order valence-electron chi connectivity index (χ0n) is 13.5. The third kappa shape index (κ3) is 4.69. The molecule has 0 saturated carbocycles. The molecule has 0 bridgehead atoms. The molecule has 1 N–H and O–H groups in total. The summed E-state index contributed by atoms with van der Waals surface area (Å²) < 4.78 is 5.72. The number of hydrogen-bond acceptors (Lipinski definition) is 4. The van der Waals surface area contributed by atoms with Crippen LogP contribution >= 0.6 is 0 Å². The summed E-state index contributed by atoms with van der Waals surface area (Å²) in [6.07, 6.45) is 3.71. The molecule has 2 aliphatic rings. The molecular weight excluding hydrogens is 250 g/mol. The summed E-state index contributed by atoms with van der Waals surface area (Å²) in [6, 6.07) is 0. The second-order valence-electron chi connectivity index (χ2n) is 6.60. The van der Waals surface area contributed by atoms with Crippen LogP contribution in [0.1, 0.15) is 33.1 Å². The lowest BCUT2D eigenvalue weighted by atomic mass is 9.86. The van der Waals surface area contributed by atoms with E-state index in [9.17, 15) is 0 Å². The minimum atomic E-state index is 0.363. The number of piperazine rings is 1. The molecule has 20 heavy (non-hydrogen) atoms. The summed E-state index contributed by atoms with van der Waals surface area (Å²) in [5, 5.41) is 3.62. The first-order chi connectivity index (χ1) is 9.78. The van der Waals surface area contributed by atoms with Gasteiger partial charge in [0.1, 0.15) is 0 Å². The van der Waals surface area contributed by atoms with Crippen LogP contribution in [-0.4, -0.2) is 75.4 Å². The molecule has 4 heteroatoms. The molecule has 0 aromatic rings. The lowest BCUT2D eigenvalue weighted by Gasteiger charge is -2.39. The highest BCUT2D eigenvalue weighted by Crippen LogP contribution is 2.29. The van der Waals surface area contributed by atoms with Crippen molar-refractivity contribution in [3.05, 3.63) is 0 Å². The standard InChI is InChI=1S/C16H33N3O/c1-3-6-17-13-16(5-12-20-15-16)14-19-10-8-18(7-4-2)9-11-19/h17H,3-15H2,1-2H3. The van der Waals surface area contributed by atoms with Crippen molar-refractivity contribution in [3.63, 3.8) is 0 Å². The van der Waals surface area contributed by atoms with Crippen molar-refractivity contribution in [2.24, 2.45) is 5.41 Å². The lowest BCUT2D eigenvalue weighted by molar-refractivity contribution is 0.0713. The molecule has 1 unspecified atom stereocenters. The molecule has 4 nitrogen and oxygen atoms in total. The van der Waals surface area contributed by atoms with Crippen molar-refractivity contribution in [1.29, 1.82) is 0 Å². The highest BCUT2D eigenvalue weighted by molar-refractivity contribution is 4.89. The maximum absolute atomic E-state index is 5.72. The zero-order chi connectivity index (χ0) is 14.3. The van der Waals surface area contributed by atoms with Crippen molar-refractivity contribution in [1.82, 2.24) is 15.1 Å². The van der Waals surface area contributed by atoms with Gasteiger partial charge < -0.3 is 19.9 Å². The lowest BCUT2D eigenvalue weighted by Crippen LogP contribution is -2.52. The summed E-state index contributed by atoms with van der Waals surface area (Å²) in [6.45, 7) is 16.1. The van der Waals surface area contributed by atoms with Crippen LogP contribution in [0, 0.1) is 5.41 Å². The van der Waals surface area contributed by atoms with Crippen LogP contribution in [0.15, 0.2) is 0 Å². The number of ether oxygens (including phenoxy) is 1. The van der Waals surface area contributed by atoms with Gasteiger partial charge in [0.25, 0.3) is 0 Å². The van der Waals surface area contributed by atoms with Crippen molar-refractivity contribution in [2.45, 2.75) is 33.1 Å². The third-order valence-electron chi connectivity index (χ3n) is 4.68. The quantitative estimate of drug-likeness (QED) is 0.682. The molecule has 0 radical (unpaired) electrons. The van der Waals surface area contributed by atoms with E-state index < -0.39 is 0 Å². The molecule has 2 aliphatic heterocycles. The Labute approximate surface area is 124 Å². The average molecular weight is 283 g/mol. The Morgan fingerprint density at radius 2 is 1.80 bits per heavy atom. The van der Waals surface area contributed by atoms with E-state index in [0.29, 0.717) is 5.41 Å². The first-order valence-corrected chi connectivity index (χ1v) is 8.51. The Hall–Kier alpha value is -0.160. The van der Waals surface area contributed by atoms with E-state index in [1.54, 1.807) is 0 Å². The van der Waals surface area contributed by atoms with Crippen LogP contribution in [0.2, 0.25) is 0 Å². The van der Waals surface area contributed by atoms with Gasteiger partial charge in [-0.25, -0.2) is 0 Å². The average Bonchev–Trinajstić information content (AvgIpc) is 2.90. The molecule has 0 aliphatic carbocycles. The third-order valence-corrected chi connectivity index (χ3v) is 4.68. The monoisotopic (exact) mass is 283 g/mol. The Morgan fingerprint density at radius 3 is 2.40 bits per heavy atom. The van der Waals surface area contributed by atoms with Gasteiger partial charge in [0.2, 0.25) is 0 Å². The predicted octanol–water partition coefficient (Wildman–Crippen LogP) is 1.42. The van der Waals surface area contributed by atoms with Crippen molar-refractivity contribution < 1.29 is 4.74 Å². The van der Waals surface area contributed by atoms with Gasteiger partial charge >= 0.3 is 0 Å². The SMILES string of the molecule is CCCNCC1(CN2CCN(CCC)CC2)CCOC1. The van der Waals surface area contributed by atoms with Gasteiger partial charge in [-0.05, 0) is 32.4 Å². The van der Waals surface area contributed by atoms with E-state index in [1.807, 2.05) is 0 Å². The molecule has 2 fully saturated rings. The van der Waals surface area contributed by atoms with E-state index in [-0.39, 0.29) is 0 Å². The number of rotatable bonds is 8. The van der Waals surface area contributed by atoms with E-state index >= 15 is 0 Å². The van der Waals surface area contributed by atoms with Crippen LogP contribution < -0.4 is 5.32 Å². The second kappa shape index (κ2) is 8.32. The predicted molar refractivity (Wildman–Crippen MR) is 84.2 cm³/mol.